The molecule has 6 nitrogen and oxygen atoms in total. The second-order valence-corrected chi connectivity index (χ2v) is 6.69. The van der Waals surface area contributed by atoms with Crippen molar-refractivity contribution in [2.75, 3.05) is 5.32 Å². The van der Waals surface area contributed by atoms with E-state index in [0.717, 1.165) is 11.1 Å². The zero-order valence-electron chi connectivity index (χ0n) is 16.2. The highest BCUT2D eigenvalue weighted by Crippen LogP contribution is 2.12. The smallest absolute Gasteiger partial charge is 0.274 e. The molecule has 0 saturated carbocycles. The van der Waals surface area contributed by atoms with Crippen molar-refractivity contribution in [3.05, 3.63) is 94.8 Å². The topological polar surface area (TPSA) is 88.2 Å². The predicted molar refractivity (Wildman–Crippen MR) is 111 cm³/mol. The maximum absolute atomic E-state index is 12.4. The number of amides is 2. The van der Waals surface area contributed by atoms with Gasteiger partial charge in [-0.2, -0.15) is 0 Å². The van der Waals surface area contributed by atoms with Crippen LogP contribution in [0, 0.1) is 6.92 Å². The fourth-order valence-electron chi connectivity index (χ4n) is 2.67. The monoisotopic (exact) mass is 387 g/mol. The lowest BCUT2D eigenvalue weighted by atomic mass is 10.1. The summed E-state index contributed by atoms with van der Waals surface area (Å²) in [6.45, 7) is 3.88. The summed E-state index contributed by atoms with van der Waals surface area (Å²) in [4.78, 5) is 40.2. The van der Waals surface area contributed by atoms with Gasteiger partial charge in [-0.3, -0.25) is 19.4 Å². The standard InChI is InChI=1S/C23H21N3O3/c1-15-3-5-17(6-4-15)14-25-22(28)19-11-12-24-21(13-19)23(29)26-20-9-7-18(8-10-20)16(2)27/h3-13H,14H2,1-2H3,(H,25,28)(H,26,29). The van der Waals surface area contributed by atoms with E-state index >= 15 is 0 Å². The first-order chi connectivity index (χ1) is 13.9. The molecule has 0 aliphatic heterocycles. The molecule has 2 N–H and O–H groups in total. The molecule has 0 bridgehead atoms. The van der Waals surface area contributed by atoms with Crippen molar-refractivity contribution in [3.63, 3.8) is 0 Å². The van der Waals surface area contributed by atoms with E-state index in [1.54, 1.807) is 30.3 Å². The molecule has 1 aromatic heterocycles. The molecule has 0 aliphatic carbocycles. The van der Waals surface area contributed by atoms with Crippen molar-refractivity contribution in [1.82, 2.24) is 10.3 Å². The van der Waals surface area contributed by atoms with Crippen molar-refractivity contribution >= 4 is 23.3 Å². The second kappa shape index (κ2) is 8.93. The Morgan fingerprint density at radius 3 is 2.21 bits per heavy atom. The highest BCUT2D eigenvalue weighted by molar-refractivity contribution is 6.05. The van der Waals surface area contributed by atoms with Gasteiger partial charge in [0.15, 0.2) is 5.78 Å². The summed E-state index contributed by atoms with van der Waals surface area (Å²) >= 11 is 0. The van der Waals surface area contributed by atoms with Crippen molar-refractivity contribution in [2.24, 2.45) is 0 Å². The van der Waals surface area contributed by atoms with Crippen molar-refractivity contribution in [3.8, 4) is 0 Å². The molecule has 6 heteroatoms. The molecule has 2 aromatic carbocycles. The van der Waals surface area contributed by atoms with Crippen LogP contribution in [0.3, 0.4) is 0 Å². The third-order valence-corrected chi connectivity index (χ3v) is 4.38. The average molecular weight is 387 g/mol. The lowest BCUT2D eigenvalue weighted by molar-refractivity contribution is 0.0949. The zero-order chi connectivity index (χ0) is 20.8. The Kier molecular flexibility index (Phi) is 6.14. The van der Waals surface area contributed by atoms with Crippen LogP contribution >= 0.6 is 0 Å². The summed E-state index contributed by atoms with van der Waals surface area (Å²) in [7, 11) is 0. The quantitative estimate of drug-likeness (QED) is 0.630. The fraction of sp³-hybridized carbons (Fsp3) is 0.130. The molecule has 0 unspecified atom stereocenters. The molecule has 3 rings (SSSR count). The molecular formula is C23H21N3O3. The van der Waals surface area contributed by atoms with Gasteiger partial charge in [0.1, 0.15) is 5.69 Å². The third kappa shape index (κ3) is 5.35. The molecule has 1 heterocycles. The van der Waals surface area contributed by atoms with Crippen molar-refractivity contribution in [2.45, 2.75) is 20.4 Å². The number of nitrogens with one attached hydrogen (secondary N) is 2. The zero-order valence-corrected chi connectivity index (χ0v) is 16.2. The summed E-state index contributed by atoms with van der Waals surface area (Å²) in [6.07, 6.45) is 1.43. The van der Waals surface area contributed by atoms with E-state index in [-0.39, 0.29) is 17.4 Å². The molecule has 2 amide bonds. The number of ketones is 1. The van der Waals surface area contributed by atoms with E-state index in [9.17, 15) is 14.4 Å². The third-order valence-electron chi connectivity index (χ3n) is 4.38. The van der Waals surface area contributed by atoms with Crippen LogP contribution in [0.1, 0.15) is 49.3 Å². The number of aromatic nitrogens is 1. The summed E-state index contributed by atoms with van der Waals surface area (Å²) in [5, 5.41) is 5.55. The molecule has 0 aliphatic rings. The van der Waals surface area contributed by atoms with Gasteiger partial charge in [-0.05, 0) is 55.8 Å². The molecule has 0 saturated heterocycles. The van der Waals surface area contributed by atoms with E-state index in [0.29, 0.717) is 23.4 Å². The Morgan fingerprint density at radius 1 is 0.862 bits per heavy atom. The number of Topliss-reactive ketones (excluding diaryl/α,β-unsaturated/α-hetero) is 1. The van der Waals surface area contributed by atoms with Gasteiger partial charge in [-0.1, -0.05) is 29.8 Å². The lowest BCUT2D eigenvalue weighted by Gasteiger charge is -2.08. The SMILES string of the molecule is CC(=O)c1ccc(NC(=O)c2cc(C(=O)NCc3ccc(C)cc3)ccn2)cc1. The summed E-state index contributed by atoms with van der Waals surface area (Å²) in [6, 6.07) is 17.5. The molecule has 146 valence electrons. The number of benzene rings is 2. The maximum atomic E-state index is 12.4. The van der Waals surface area contributed by atoms with Gasteiger partial charge >= 0.3 is 0 Å². The predicted octanol–water partition coefficient (Wildman–Crippen LogP) is 3.77. The molecular weight excluding hydrogens is 366 g/mol. The highest BCUT2D eigenvalue weighted by Gasteiger charge is 2.12. The van der Waals surface area contributed by atoms with Crippen LogP contribution in [0.15, 0.2) is 66.9 Å². The number of hydrogen-bond donors (Lipinski definition) is 2. The molecule has 0 spiro atoms. The van der Waals surface area contributed by atoms with Crippen LogP contribution in [-0.2, 0) is 6.54 Å². The average Bonchev–Trinajstić information content (AvgIpc) is 2.73. The molecule has 0 fully saturated rings. The van der Waals surface area contributed by atoms with E-state index in [1.165, 1.54) is 19.2 Å². The number of hydrogen-bond acceptors (Lipinski definition) is 4. The first-order valence-corrected chi connectivity index (χ1v) is 9.14. The largest absolute Gasteiger partial charge is 0.348 e. The summed E-state index contributed by atoms with van der Waals surface area (Å²) in [5.74, 6) is -0.768. The van der Waals surface area contributed by atoms with Crippen LogP contribution in [0.5, 0.6) is 0 Å². The minimum Gasteiger partial charge on any atom is -0.348 e. The van der Waals surface area contributed by atoms with Gasteiger partial charge in [0.2, 0.25) is 0 Å². The highest BCUT2D eigenvalue weighted by atomic mass is 16.2. The van der Waals surface area contributed by atoms with E-state index in [4.69, 9.17) is 0 Å². The number of pyridine rings is 1. The number of anilines is 1. The van der Waals surface area contributed by atoms with Crippen LogP contribution in [0.25, 0.3) is 0 Å². The Labute approximate surface area is 169 Å². The van der Waals surface area contributed by atoms with Crippen LogP contribution in [0.2, 0.25) is 0 Å². The van der Waals surface area contributed by atoms with Gasteiger partial charge in [0, 0.05) is 29.6 Å². The fourth-order valence-corrected chi connectivity index (χ4v) is 2.67. The van der Waals surface area contributed by atoms with Gasteiger partial charge in [-0.25, -0.2) is 0 Å². The van der Waals surface area contributed by atoms with Crippen LogP contribution in [0.4, 0.5) is 5.69 Å². The lowest BCUT2D eigenvalue weighted by Crippen LogP contribution is -2.23. The Bertz CT molecular complexity index is 1040. The van der Waals surface area contributed by atoms with Crippen LogP contribution < -0.4 is 10.6 Å². The minimum atomic E-state index is -0.436. The Morgan fingerprint density at radius 2 is 1.55 bits per heavy atom. The van der Waals surface area contributed by atoms with Crippen molar-refractivity contribution in [1.29, 1.82) is 0 Å². The Hall–Kier alpha value is -3.80. The Balaban J connectivity index is 1.64. The first kappa shape index (κ1) is 19.9. The van der Waals surface area contributed by atoms with E-state index < -0.39 is 5.91 Å². The number of carbonyl (C=O) groups is 3. The van der Waals surface area contributed by atoms with Gasteiger partial charge < -0.3 is 10.6 Å². The van der Waals surface area contributed by atoms with Crippen LogP contribution in [-0.4, -0.2) is 22.6 Å². The normalized spacial score (nSPS) is 10.3. The number of carbonyl (C=O) groups excluding carboxylic acids is 3. The minimum absolute atomic E-state index is 0.0473. The first-order valence-electron chi connectivity index (χ1n) is 9.14. The number of aryl methyl sites for hydroxylation is 1. The maximum Gasteiger partial charge on any atom is 0.274 e. The molecule has 3 aromatic rings. The number of rotatable bonds is 6. The van der Waals surface area contributed by atoms with Gasteiger partial charge in [0.25, 0.3) is 11.8 Å². The summed E-state index contributed by atoms with van der Waals surface area (Å²) in [5.41, 5.74) is 3.72. The number of nitrogens with zero attached hydrogens (tertiary/aromatic N) is 1. The molecule has 0 atom stereocenters. The van der Waals surface area contributed by atoms with Gasteiger partial charge in [-0.15, -0.1) is 0 Å². The van der Waals surface area contributed by atoms with Crippen molar-refractivity contribution < 1.29 is 14.4 Å². The van der Waals surface area contributed by atoms with Gasteiger partial charge in [0.05, 0.1) is 0 Å². The molecule has 29 heavy (non-hydrogen) atoms. The molecule has 0 radical (unpaired) electrons. The van der Waals surface area contributed by atoms with E-state index in [2.05, 4.69) is 15.6 Å². The van der Waals surface area contributed by atoms with E-state index in [1.807, 2.05) is 31.2 Å². The summed E-state index contributed by atoms with van der Waals surface area (Å²) < 4.78 is 0. The second-order valence-electron chi connectivity index (χ2n) is 6.69.